The normalized spacial score (nSPS) is 11.5. The van der Waals surface area contributed by atoms with Crippen LogP contribution in [0.4, 0.5) is 0 Å². The highest BCUT2D eigenvalue weighted by molar-refractivity contribution is 7.89. The quantitative estimate of drug-likeness (QED) is 0.822. The summed E-state index contributed by atoms with van der Waals surface area (Å²) in [5.74, 6) is 1.29. The lowest BCUT2D eigenvalue weighted by molar-refractivity contribution is 0.475. The molecule has 7 heteroatoms. The van der Waals surface area contributed by atoms with Crippen molar-refractivity contribution in [2.24, 2.45) is 5.73 Å². The van der Waals surface area contributed by atoms with Crippen LogP contribution >= 0.6 is 12.2 Å². The monoisotopic (exact) mass is 324 g/mol. The van der Waals surface area contributed by atoms with Crippen LogP contribution in [0.5, 0.6) is 0 Å². The van der Waals surface area contributed by atoms with E-state index in [4.69, 9.17) is 22.4 Å². The lowest BCUT2D eigenvalue weighted by Crippen LogP contribution is -2.24. The van der Waals surface area contributed by atoms with Crippen molar-refractivity contribution in [3.8, 4) is 0 Å². The standard InChI is InChI=1S/C14H16N2O3S2/c1-9-3-5-11(14(15)20)7-13(9)21(17,18)16-8-12-6-4-10(2)19-12/h3-7,16H,8H2,1-2H3,(H2,15,20). The molecule has 0 saturated heterocycles. The number of sulfonamides is 1. The Hall–Kier alpha value is -1.70. The van der Waals surface area contributed by atoms with E-state index in [0.29, 0.717) is 16.9 Å². The summed E-state index contributed by atoms with van der Waals surface area (Å²) in [7, 11) is -3.66. The van der Waals surface area contributed by atoms with Gasteiger partial charge in [0.25, 0.3) is 0 Å². The van der Waals surface area contributed by atoms with Crippen molar-refractivity contribution in [2.45, 2.75) is 25.3 Å². The zero-order valence-electron chi connectivity index (χ0n) is 11.7. The Bertz CT molecular complexity index is 779. The number of nitrogens with two attached hydrogens (primary N) is 1. The van der Waals surface area contributed by atoms with Crippen molar-refractivity contribution in [3.05, 3.63) is 53.0 Å². The molecule has 21 heavy (non-hydrogen) atoms. The van der Waals surface area contributed by atoms with Crippen LogP contribution in [-0.2, 0) is 16.6 Å². The molecule has 0 bridgehead atoms. The van der Waals surface area contributed by atoms with Gasteiger partial charge in [-0.05, 0) is 37.6 Å². The maximum Gasteiger partial charge on any atom is 0.241 e. The summed E-state index contributed by atoms with van der Waals surface area (Å²) in [5, 5.41) is 0. The Kier molecular flexibility index (Phi) is 4.46. The number of nitrogens with one attached hydrogen (secondary N) is 1. The number of thiocarbonyl (C=S) groups is 1. The lowest BCUT2D eigenvalue weighted by Gasteiger charge is -2.10. The first-order valence-corrected chi connectivity index (χ1v) is 8.14. The van der Waals surface area contributed by atoms with E-state index in [1.54, 1.807) is 38.1 Å². The maximum atomic E-state index is 12.4. The molecule has 0 saturated carbocycles. The van der Waals surface area contributed by atoms with Crippen LogP contribution in [0, 0.1) is 13.8 Å². The predicted molar refractivity (Wildman–Crippen MR) is 84.5 cm³/mol. The number of furan rings is 1. The van der Waals surface area contributed by atoms with E-state index in [2.05, 4.69) is 4.72 Å². The van der Waals surface area contributed by atoms with Gasteiger partial charge in [0.1, 0.15) is 16.5 Å². The summed E-state index contributed by atoms with van der Waals surface area (Å²) in [5.41, 5.74) is 6.69. The molecule has 112 valence electrons. The fraction of sp³-hybridized carbons (Fsp3) is 0.214. The van der Waals surface area contributed by atoms with Gasteiger partial charge in [0.05, 0.1) is 11.4 Å². The molecule has 0 amide bonds. The van der Waals surface area contributed by atoms with Gasteiger partial charge in [0.2, 0.25) is 10.0 Å². The van der Waals surface area contributed by atoms with Crippen LogP contribution in [0.25, 0.3) is 0 Å². The molecular weight excluding hydrogens is 308 g/mol. The van der Waals surface area contributed by atoms with E-state index in [1.807, 2.05) is 0 Å². The van der Waals surface area contributed by atoms with Crippen molar-refractivity contribution in [1.82, 2.24) is 4.72 Å². The van der Waals surface area contributed by atoms with E-state index in [1.165, 1.54) is 6.07 Å². The van der Waals surface area contributed by atoms with Crippen LogP contribution in [0.3, 0.4) is 0 Å². The van der Waals surface area contributed by atoms with Crippen molar-refractivity contribution >= 4 is 27.2 Å². The summed E-state index contributed by atoms with van der Waals surface area (Å²) in [6.45, 7) is 3.61. The topological polar surface area (TPSA) is 85.3 Å². The third-order valence-electron chi connectivity index (χ3n) is 2.99. The third-order valence-corrected chi connectivity index (χ3v) is 4.77. The SMILES string of the molecule is Cc1ccc(CNS(=O)(=O)c2cc(C(N)=S)ccc2C)o1. The van der Waals surface area contributed by atoms with Gasteiger partial charge in [0.15, 0.2) is 0 Å². The van der Waals surface area contributed by atoms with Gasteiger partial charge in [-0.1, -0.05) is 24.4 Å². The molecule has 0 spiro atoms. The van der Waals surface area contributed by atoms with Crippen LogP contribution in [0.15, 0.2) is 39.6 Å². The molecule has 3 N–H and O–H groups in total. The average molecular weight is 324 g/mol. The zero-order chi connectivity index (χ0) is 15.6. The van der Waals surface area contributed by atoms with Gasteiger partial charge >= 0.3 is 0 Å². The van der Waals surface area contributed by atoms with Gasteiger partial charge in [-0.3, -0.25) is 0 Å². The molecule has 0 unspecified atom stereocenters. The first-order valence-electron chi connectivity index (χ1n) is 6.25. The lowest BCUT2D eigenvalue weighted by atomic mass is 10.1. The van der Waals surface area contributed by atoms with Crippen LogP contribution in [0.1, 0.15) is 22.6 Å². The number of aryl methyl sites for hydroxylation is 2. The van der Waals surface area contributed by atoms with E-state index < -0.39 is 10.0 Å². The molecule has 0 aliphatic carbocycles. The van der Waals surface area contributed by atoms with Gasteiger partial charge < -0.3 is 10.2 Å². The molecule has 1 aromatic carbocycles. The van der Waals surface area contributed by atoms with E-state index in [0.717, 1.165) is 5.76 Å². The molecule has 1 heterocycles. The van der Waals surface area contributed by atoms with Crippen LogP contribution in [-0.4, -0.2) is 13.4 Å². The molecule has 0 aliphatic heterocycles. The minimum absolute atomic E-state index is 0.0902. The second kappa shape index (κ2) is 5.97. The summed E-state index contributed by atoms with van der Waals surface area (Å²) in [6, 6.07) is 8.37. The van der Waals surface area contributed by atoms with Gasteiger partial charge in [-0.2, -0.15) is 0 Å². The van der Waals surface area contributed by atoms with Gasteiger partial charge in [0, 0.05) is 5.56 Å². The Morgan fingerprint density at radius 2 is 2.00 bits per heavy atom. The highest BCUT2D eigenvalue weighted by atomic mass is 32.2. The predicted octanol–water partition coefficient (Wildman–Crippen LogP) is 2.01. The number of rotatable bonds is 5. The van der Waals surface area contributed by atoms with Crippen molar-refractivity contribution in [1.29, 1.82) is 0 Å². The van der Waals surface area contributed by atoms with Gasteiger partial charge in [-0.15, -0.1) is 0 Å². The highest BCUT2D eigenvalue weighted by Gasteiger charge is 2.18. The average Bonchev–Trinajstić information content (AvgIpc) is 2.82. The second-order valence-corrected chi connectivity index (χ2v) is 6.86. The molecule has 2 rings (SSSR count). The molecule has 0 radical (unpaired) electrons. The maximum absolute atomic E-state index is 12.4. The fourth-order valence-corrected chi connectivity index (χ4v) is 3.26. The highest BCUT2D eigenvalue weighted by Crippen LogP contribution is 2.18. The van der Waals surface area contributed by atoms with Gasteiger partial charge in [-0.25, -0.2) is 13.1 Å². The first-order chi connectivity index (χ1) is 9.79. The van der Waals surface area contributed by atoms with Crippen molar-refractivity contribution in [3.63, 3.8) is 0 Å². The van der Waals surface area contributed by atoms with E-state index in [9.17, 15) is 8.42 Å². The number of hydrogen-bond acceptors (Lipinski definition) is 4. The Morgan fingerprint density at radius 3 is 2.57 bits per heavy atom. The van der Waals surface area contributed by atoms with Crippen molar-refractivity contribution in [2.75, 3.05) is 0 Å². The number of benzene rings is 1. The second-order valence-electron chi connectivity index (χ2n) is 4.68. The summed E-state index contributed by atoms with van der Waals surface area (Å²) < 4.78 is 32.6. The Morgan fingerprint density at radius 1 is 1.29 bits per heavy atom. The molecule has 0 aliphatic rings. The van der Waals surface area contributed by atoms with E-state index in [-0.39, 0.29) is 16.4 Å². The smallest absolute Gasteiger partial charge is 0.241 e. The Balaban J connectivity index is 2.26. The zero-order valence-corrected chi connectivity index (χ0v) is 13.3. The van der Waals surface area contributed by atoms with Crippen LogP contribution < -0.4 is 10.5 Å². The molecular formula is C14H16N2O3S2. The summed E-state index contributed by atoms with van der Waals surface area (Å²) in [4.78, 5) is 0.323. The largest absolute Gasteiger partial charge is 0.465 e. The molecule has 0 atom stereocenters. The molecule has 0 fully saturated rings. The van der Waals surface area contributed by atoms with E-state index >= 15 is 0 Å². The third kappa shape index (κ3) is 3.69. The van der Waals surface area contributed by atoms with Crippen molar-refractivity contribution < 1.29 is 12.8 Å². The fourth-order valence-electron chi connectivity index (χ4n) is 1.87. The Labute approximate surface area is 129 Å². The first kappa shape index (κ1) is 15.7. The minimum atomic E-state index is -3.66. The van der Waals surface area contributed by atoms with Crippen LogP contribution in [0.2, 0.25) is 0 Å². The minimum Gasteiger partial charge on any atom is -0.465 e. The number of hydrogen-bond donors (Lipinski definition) is 2. The molecule has 1 aromatic heterocycles. The molecule has 5 nitrogen and oxygen atoms in total. The summed E-state index contributed by atoms with van der Waals surface area (Å²) >= 11 is 4.88. The summed E-state index contributed by atoms with van der Waals surface area (Å²) in [6.07, 6.45) is 0. The molecule has 2 aromatic rings.